The van der Waals surface area contributed by atoms with Crippen molar-refractivity contribution in [1.29, 1.82) is 0 Å². The first kappa shape index (κ1) is 25.5. The molecule has 0 saturated carbocycles. The van der Waals surface area contributed by atoms with Crippen LogP contribution in [0.3, 0.4) is 0 Å². The molecule has 0 fully saturated rings. The van der Waals surface area contributed by atoms with Crippen molar-refractivity contribution in [3.8, 4) is 0 Å². The van der Waals surface area contributed by atoms with E-state index in [1.807, 2.05) is 32.0 Å². The van der Waals surface area contributed by atoms with E-state index in [2.05, 4.69) is 5.32 Å². The van der Waals surface area contributed by atoms with Crippen LogP contribution in [0.25, 0.3) is 0 Å². The lowest BCUT2D eigenvalue weighted by Crippen LogP contribution is -2.48. The van der Waals surface area contributed by atoms with Gasteiger partial charge < -0.3 is 10.2 Å². The third-order valence-electron chi connectivity index (χ3n) is 4.68. The molecular formula is C23H27Cl2FN2O2S. The Kier molecular flexibility index (Phi) is 10.1. The standard InChI is InChI=1S/C23H27Cl2FN2O2S/c1-15(2)11-27-23(30)16(3)28(12-17-7-4-5-8-19(17)24)22(29)14-31-13-18-20(25)9-6-10-21(18)26/h4-10,15-16H,11-14H2,1-3H3,(H,27,30). The summed E-state index contributed by atoms with van der Waals surface area (Å²) in [6.45, 7) is 6.43. The van der Waals surface area contributed by atoms with Crippen molar-refractivity contribution in [2.75, 3.05) is 12.3 Å². The van der Waals surface area contributed by atoms with Gasteiger partial charge >= 0.3 is 0 Å². The van der Waals surface area contributed by atoms with Crippen LogP contribution in [0, 0.1) is 11.7 Å². The number of carbonyl (C=O) groups is 2. The maximum atomic E-state index is 14.0. The molecule has 2 aromatic rings. The first-order chi connectivity index (χ1) is 14.7. The molecule has 31 heavy (non-hydrogen) atoms. The van der Waals surface area contributed by atoms with E-state index in [1.54, 1.807) is 25.1 Å². The fourth-order valence-corrected chi connectivity index (χ4v) is 4.28. The van der Waals surface area contributed by atoms with Crippen LogP contribution >= 0.6 is 35.0 Å². The number of benzene rings is 2. The molecule has 2 aromatic carbocycles. The third kappa shape index (κ3) is 7.70. The van der Waals surface area contributed by atoms with Crippen LogP contribution in [0.2, 0.25) is 10.0 Å². The Labute approximate surface area is 197 Å². The molecule has 0 radical (unpaired) electrons. The van der Waals surface area contributed by atoms with Crippen molar-refractivity contribution in [3.05, 3.63) is 69.5 Å². The number of amides is 2. The molecule has 1 atom stereocenters. The summed E-state index contributed by atoms with van der Waals surface area (Å²) in [6.07, 6.45) is 0. The summed E-state index contributed by atoms with van der Waals surface area (Å²) in [4.78, 5) is 27.2. The highest BCUT2D eigenvalue weighted by molar-refractivity contribution is 7.99. The Morgan fingerprint density at radius 3 is 2.39 bits per heavy atom. The quantitative estimate of drug-likeness (QED) is 0.480. The minimum atomic E-state index is -0.680. The molecule has 0 bridgehead atoms. The van der Waals surface area contributed by atoms with Crippen LogP contribution in [0.15, 0.2) is 42.5 Å². The lowest BCUT2D eigenvalue weighted by molar-refractivity contribution is -0.138. The van der Waals surface area contributed by atoms with Gasteiger partial charge in [0.25, 0.3) is 0 Å². The fraction of sp³-hybridized carbons (Fsp3) is 0.391. The van der Waals surface area contributed by atoms with Crippen molar-refractivity contribution in [1.82, 2.24) is 10.2 Å². The van der Waals surface area contributed by atoms with E-state index in [-0.39, 0.29) is 29.9 Å². The molecule has 168 valence electrons. The van der Waals surface area contributed by atoms with Gasteiger partial charge in [0.1, 0.15) is 11.9 Å². The Bertz CT molecular complexity index is 891. The van der Waals surface area contributed by atoms with E-state index < -0.39 is 11.9 Å². The largest absolute Gasteiger partial charge is 0.354 e. The molecule has 0 spiro atoms. The number of nitrogens with one attached hydrogen (secondary N) is 1. The number of hydrogen-bond donors (Lipinski definition) is 1. The van der Waals surface area contributed by atoms with Crippen LogP contribution in [-0.4, -0.2) is 35.1 Å². The van der Waals surface area contributed by atoms with Gasteiger partial charge in [0.15, 0.2) is 0 Å². The van der Waals surface area contributed by atoms with Crippen LogP contribution in [0.5, 0.6) is 0 Å². The van der Waals surface area contributed by atoms with E-state index in [9.17, 15) is 14.0 Å². The normalized spacial score (nSPS) is 12.0. The van der Waals surface area contributed by atoms with Gasteiger partial charge in [-0.05, 0) is 36.6 Å². The molecule has 1 unspecified atom stereocenters. The Hall–Kier alpha value is -1.76. The molecule has 0 heterocycles. The predicted octanol–water partition coefficient (Wildman–Crippen LogP) is 5.56. The highest BCUT2D eigenvalue weighted by Gasteiger charge is 2.26. The van der Waals surface area contributed by atoms with E-state index >= 15 is 0 Å². The van der Waals surface area contributed by atoms with Gasteiger partial charge in [-0.15, -0.1) is 11.8 Å². The minimum absolute atomic E-state index is 0.0803. The molecule has 4 nitrogen and oxygen atoms in total. The summed E-state index contributed by atoms with van der Waals surface area (Å²) in [5, 5.41) is 3.73. The average Bonchev–Trinajstić information content (AvgIpc) is 2.72. The van der Waals surface area contributed by atoms with Gasteiger partial charge in [-0.1, -0.05) is 61.3 Å². The van der Waals surface area contributed by atoms with Gasteiger partial charge in [0.2, 0.25) is 11.8 Å². The number of rotatable bonds is 10. The maximum Gasteiger partial charge on any atom is 0.242 e. The lowest BCUT2D eigenvalue weighted by Gasteiger charge is -2.29. The lowest BCUT2D eigenvalue weighted by atomic mass is 10.1. The molecule has 2 amide bonds. The van der Waals surface area contributed by atoms with Crippen molar-refractivity contribution >= 4 is 46.8 Å². The van der Waals surface area contributed by atoms with Gasteiger partial charge in [-0.3, -0.25) is 9.59 Å². The first-order valence-electron chi connectivity index (χ1n) is 10.0. The monoisotopic (exact) mass is 484 g/mol. The van der Waals surface area contributed by atoms with Crippen LogP contribution < -0.4 is 5.32 Å². The van der Waals surface area contributed by atoms with E-state index in [0.717, 1.165) is 5.56 Å². The minimum Gasteiger partial charge on any atom is -0.354 e. The van der Waals surface area contributed by atoms with Crippen LogP contribution in [0.1, 0.15) is 31.9 Å². The highest BCUT2D eigenvalue weighted by Crippen LogP contribution is 2.25. The molecule has 0 saturated heterocycles. The second-order valence-electron chi connectivity index (χ2n) is 7.62. The summed E-state index contributed by atoms with van der Waals surface area (Å²) in [5.74, 6) is -0.227. The summed E-state index contributed by atoms with van der Waals surface area (Å²) < 4.78 is 14.0. The Balaban J connectivity index is 2.11. The highest BCUT2D eigenvalue weighted by atomic mass is 35.5. The van der Waals surface area contributed by atoms with Crippen molar-refractivity contribution in [2.45, 2.75) is 39.1 Å². The number of nitrogens with zero attached hydrogens (tertiary/aromatic N) is 1. The second kappa shape index (κ2) is 12.3. The molecule has 0 aliphatic heterocycles. The summed E-state index contributed by atoms with van der Waals surface area (Å²) in [6, 6.07) is 11.0. The first-order valence-corrected chi connectivity index (χ1v) is 11.9. The van der Waals surface area contributed by atoms with Gasteiger partial charge in [0, 0.05) is 34.5 Å². The topological polar surface area (TPSA) is 49.4 Å². The van der Waals surface area contributed by atoms with Crippen molar-refractivity contribution < 1.29 is 14.0 Å². The summed E-state index contributed by atoms with van der Waals surface area (Å²) in [5.41, 5.74) is 1.12. The summed E-state index contributed by atoms with van der Waals surface area (Å²) >= 11 is 13.6. The third-order valence-corrected chi connectivity index (χ3v) is 6.35. The zero-order valence-electron chi connectivity index (χ0n) is 17.8. The zero-order chi connectivity index (χ0) is 23.0. The summed E-state index contributed by atoms with van der Waals surface area (Å²) in [7, 11) is 0. The Morgan fingerprint density at radius 2 is 1.74 bits per heavy atom. The second-order valence-corrected chi connectivity index (χ2v) is 9.42. The van der Waals surface area contributed by atoms with E-state index in [4.69, 9.17) is 23.2 Å². The Morgan fingerprint density at radius 1 is 1.06 bits per heavy atom. The maximum absolute atomic E-state index is 14.0. The fourth-order valence-electron chi connectivity index (χ4n) is 2.84. The van der Waals surface area contributed by atoms with E-state index in [1.165, 1.54) is 22.7 Å². The molecule has 1 N–H and O–H groups in total. The van der Waals surface area contributed by atoms with Crippen molar-refractivity contribution in [2.24, 2.45) is 5.92 Å². The molecule has 0 aromatic heterocycles. The number of carbonyl (C=O) groups excluding carboxylic acids is 2. The van der Waals surface area contributed by atoms with Crippen LogP contribution in [0.4, 0.5) is 4.39 Å². The molecule has 2 rings (SSSR count). The zero-order valence-corrected chi connectivity index (χ0v) is 20.2. The number of halogens is 3. The number of hydrogen-bond acceptors (Lipinski definition) is 3. The van der Waals surface area contributed by atoms with Crippen LogP contribution in [-0.2, 0) is 21.9 Å². The molecule has 0 aliphatic rings. The molecule has 8 heteroatoms. The van der Waals surface area contributed by atoms with Gasteiger partial charge in [0.05, 0.1) is 5.75 Å². The predicted molar refractivity (Wildman–Crippen MR) is 127 cm³/mol. The van der Waals surface area contributed by atoms with Gasteiger partial charge in [-0.2, -0.15) is 0 Å². The molecule has 0 aliphatic carbocycles. The average molecular weight is 485 g/mol. The van der Waals surface area contributed by atoms with Gasteiger partial charge in [-0.25, -0.2) is 4.39 Å². The number of thioether (sulfide) groups is 1. The smallest absolute Gasteiger partial charge is 0.242 e. The SMILES string of the molecule is CC(C)CNC(=O)C(C)N(Cc1ccccc1Cl)C(=O)CSCc1c(F)cccc1Cl. The molecular weight excluding hydrogens is 458 g/mol. The van der Waals surface area contributed by atoms with E-state index in [0.29, 0.717) is 28.1 Å². The van der Waals surface area contributed by atoms with Crippen molar-refractivity contribution in [3.63, 3.8) is 0 Å².